The maximum atomic E-state index is 5.84. The van der Waals surface area contributed by atoms with Gasteiger partial charge in [0.1, 0.15) is 5.82 Å². The van der Waals surface area contributed by atoms with Crippen molar-refractivity contribution in [3.8, 4) is 0 Å². The molecule has 1 saturated heterocycles. The Morgan fingerprint density at radius 3 is 3.26 bits per heavy atom. The van der Waals surface area contributed by atoms with E-state index in [1.165, 1.54) is 10.7 Å². The topological polar surface area (TPSA) is 63.2 Å². The van der Waals surface area contributed by atoms with Gasteiger partial charge in [-0.15, -0.1) is 16.4 Å². The van der Waals surface area contributed by atoms with Crippen LogP contribution in [0.15, 0.2) is 23.7 Å². The molecule has 0 radical (unpaired) electrons. The van der Waals surface area contributed by atoms with Gasteiger partial charge in [0.2, 0.25) is 0 Å². The van der Waals surface area contributed by atoms with Gasteiger partial charge in [0.25, 0.3) is 0 Å². The van der Waals surface area contributed by atoms with E-state index < -0.39 is 0 Å². The molecule has 23 heavy (non-hydrogen) atoms. The Morgan fingerprint density at radius 1 is 1.48 bits per heavy atom. The average Bonchev–Trinajstić information content (AvgIpc) is 3.02. The Bertz CT molecular complexity index is 591. The summed E-state index contributed by atoms with van der Waals surface area (Å²) in [6.07, 6.45) is 4.07. The van der Waals surface area contributed by atoms with Crippen molar-refractivity contribution in [2.24, 2.45) is 0 Å². The summed E-state index contributed by atoms with van der Waals surface area (Å²) in [4.78, 5) is 7.13. The van der Waals surface area contributed by atoms with Gasteiger partial charge in [-0.3, -0.25) is 4.90 Å². The minimum absolute atomic E-state index is 0.166. The van der Waals surface area contributed by atoms with E-state index >= 15 is 0 Å². The molecular weight excluding hydrogens is 310 g/mol. The fourth-order valence-corrected chi connectivity index (χ4v) is 3.53. The van der Waals surface area contributed by atoms with Crippen molar-refractivity contribution in [3.05, 3.63) is 34.4 Å². The molecule has 0 saturated carbocycles. The molecule has 1 atom stereocenters. The van der Waals surface area contributed by atoms with Crippen molar-refractivity contribution < 1.29 is 4.74 Å². The first-order chi connectivity index (χ1) is 11.3. The quantitative estimate of drug-likeness (QED) is 0.838. The van der Waals surface area contributed by atoms with Gasteiger partial charge in [-0.25, -0.2) is 4.98 Å². The second kappa shape index (κ2) is 8.33. The van der Waals surface area contributed by atoms with Crippen LogP contribution in [-0.2, 0) is 17.7 Å². The molecule has 2 aromatic rings. The maximum absolute atomic E-state index is 5.84. The number of morpholine rings is 1. The number of thiazole rings is 1. The Hall–Kier alpha value is -1.57. The van der Waals surface area contributed by atoms with E-state index in [1.807, 2.05) is 12.1 Å². The van der Waals surface area contributed by atoms with Crippen molar-refractivity contribution in [3.63, 3.8) is 0 Å². The third-order valence-electron chi connectivity index (χ3n) is 3.75. The summed E-state index contributed by atoms with van der Waals surface area (Å²) in [5, 5.41) is 14.6. The smallest absolute Gasteiger partial charge is 0.148 e. The molecule has 0 bridgehead atoms. The molecule has 2 aromatic heterocycles. The van der Waals surface area contributed by atoms with Gasteiger partial charge >= 0.3 is 0 Å². The highest BCUT2D eigenvalue weighted by Gasteiger charge is 2.21. The van der Waals surface area contributed by atoms with Crippen LogP contribution in [0.25, 0.3) is 0 Å². The van der Waals surface area contributed by atoms with Crippen LogP contribution in [0.4, 0.5) is 5.82 Å². The summed E-state index contributed by atoms with van der Waals surface area (Å²) in [5.41, 5.74) is 1.18. The molecule has 1 fully saturated rings. The first kappa shape index (κ1) is 16.3. The maximum Gasteiger partial charge on any atom is 0.148 e. The Morgan fingerprint density at radius 2 is 2.43 bits per heavy atom. The van der Waals surface area contributed by atoms with Crippen LogP contribution in [0.1, 0.15) is 24.0 Å². The van der Waals surface area contributed by atoms with E-state index in [-0.39, 0.29) is 6.10 Å². The number of aryl methyl sites for hydroxylation is 1. The van der Waals surface area contributed by atoms with Gasteiger partial charge < -0.3 is 10.1 Å². The van der Waals surface area contributed by atoms with Gasteiger partial charge in [0.15, 0.2) is 0 Å². The largest absolute Gasteiger partial charge is 0.374 e. The molecule has 3 heterocycles. The molecule has 6 nitrogen and oxygen atoms in total. The molecule has 7 heteroatoms. The summed E-state index contributed by atoms with van der Waals surface area (Å²) in [5.74, 6) is 0.789. The summed E-state index contributed by atoms with van der Waals surface area (Å²) < 4.78 is 5.84. The lowest BCUT2D eigenvalue weighted by atomic mass is 10.2. The van der Waals surface area contributed by atoms with Crippen LogP contribution in [0.3, 0.4) is 0 Å². The standard InChI is InChI=1S/C16H23N5OS/c1-2-4-16-19-13(12-23-16)10-21-7-8-22-14(11-21)9-17-15-5-3-6-18-20-15/h3,5-6,12,14H,2,4,7-11H2,1H3,(H,17,20)/t14-/m0/s1. The summed E-state index contributed by atoms with van der Waals surface area (Å²) in [7, 11) is 0. The van der Waals surface area contributed by atoms with Gasteiger partial charge in [0.05, 0.1) is 23.4 Å². The van der Waals surface area contributed by atoms with Crippen LogP contribution in [0.2, 0.25) is 0 Å². The molecule has 124 valence electrons. The van der Waals surface area contributed by atoms with Crippen molar-refractivity contribution in [1.82, 2.24) is 20.1 Å². The molecule has 1 aliphatic rings. The number of aromatic nitrogens is 3. The molecule has 1 N–H and O–H groups in total. The second-order valence-electron chi connectivity index (χ2n) is 5.70. The fourth-order valence-electron chi connectivity index (χ4n) is 2.64. The van der Waals surface area contributed by atoms with Crippen molar-refractivity contribution in [1.29, 1.82) is 0 Å². The van der Waals surface area contributed by atoms with Gasteiger partial charge in [-0.05, 0) is 25.0 Å². The fraction of sp³-hybridized carbons (Fsp3) is 0.562. The number of hydrogen-bond donors (Lipinski definition) is 1. The molecule has 0 aromatic carbocycles. The Balaban J connectivity index is 1.47. The minimum atomic E-state index is 0.166. The zero-order valence-electron chi connectivity index (χ0n) is 13.4. The van der Waals surface area contributed by atoms with E-state index in [4.69, 9.17) is 9.72 Å². The third-order valence-corrected chi connectivity index (χ3v) is 4.71. The molecule has 0 unspecified atom stereocenters. The molecule has 0 spiro atoms. The highest BCUT2D eigenvalue weighted by atomic mass is 32.1. The predicted molar refractivity (Wildman–Crippen MR) is 91.6 cm³/mol. The van der Waals surface area contributed by atoms with Crippen LogP contribution in [0.5, 0.6) is 0 Å². The van der Waals surface area contributed by atoms with Gasteiger partial charge in [0, 0.05) is 37.8 Å². The number of nitrogens with one attached hydrogen (secondary N) is 1. The number of hydrogen-bond acceptors (Lipinski definition) is 7. The second-order valence-corrected chi connectivity index (χ2v) is 6.64. The van der Waals surface area contributed by atoms with Gasteiger partial charge in [-0.1, -0.05) is 6.92 Å². The first-order valence-electron chi connectivity index (χ1n) is 8.12. The van der Waals surface area contributed by atoms with Crippen molar-refractivity contribution in [2.75, 3.05) is 31.6 Å². The van der Waals surface area contributed by atoms with E-state index in [2.05, 4.69) is 32.7 Å². The zero-order valence-corrected chi connectivity index (χ0v) is 14.3. The minimum Gasteiger partial charge on any atom is -0.374 e. The Labute approximate surface area is 140 Å². The third kappa shape index (κ3) is 4.95. The monoisotopic (exact) mass is 333 g/mol. The Kier molecular flexibility index (Phi) is 5.90. The van der Waals surface area contributed by atoms with E-state index in [0.717, 1.165) is 51.4 Å². The lowest BCUT2D eigenvalue weighted by Gasteiger charge is -2.32. The summed E-state index contributed by atoms with van der Waals surface area (Å²) in [6, 6.07) is 3.79. The molecule has 0 amide bonds. The average molecular weight is 333 g/mol. The summed E-state index contributed by atoms with van der Waals surface area (Å²) in [6.45, 7) is 6.48. The molecule has 3 rings (SSSR count). The zero-order chi connectivity index (χ0) is 15.9. The molecular formula is C16H23N5OS. The highest BCUT2D eigenvalue weighted by Crippen LogP contribution is 2.15. The van der Waals surface area contributed by atoms with Gasteiger partial charge in [-0.2, -0.15) is 5.10 Å². The van der Waals surface area contributed by atoms with Crippen molar-refractivity contribution >= 4 is 17.2 Å². The molecule has 0 aliphatic carbocycles. The lowest BCUT2D eigenvalue weighted by Crippen LogP contribution is -2.44. The first-order valence-corrected chi connectivity index (χ1v) is 9.00. The van der Waals surface area contributed by atoms with Crippen LogP contribution < -0.4 is 5.32 Å². The SMILES string of the molecule is CCCc1nc(CN2CCO[C@@H](CNc3cccnn3)C2)cs1. The van der Waals surface area contributed by atoms with Crippen LogP contribution in [0, 0.1) is 0 Å². The van der Waals surface area contributed by atoms with Crippen LogP contribution in [-0.4, -0.2) is 52.4 Å². The van der Waals surface area contributed by atoms with Crippen molar-refractivity contribution in [2.45, 2.75) is 32.4 Å². The lowest BCUT2D eigenvalue weighted by molar-refractivity contribution is -0.0244. The van der Waals surface area contributed by atoms with E-state index in [1.54, 1.807) is 17.5 Å². The number of rotatable bonds is 7. The van der Waals surface area contributed by atoms with E-state index in [0.29, 0.717) is 0 Å². The van der Waals surface area contributed by atoms with E-state index in [9.17, 15) is 0 Å². The number of anilines is 1. The molecule has 1 aliphatic heterocycles. The normalized spacial score (nSPS) is 18.9. The number of ether oxygens (including phenoxy) is 1. The summed E-state index contributed by atoms with van der Waals surface area (Å²) >= 11 is 1.77. The predicted octanol–water partition coefficient (Wildman–Crippen LogP) is 2.20. The van der Waals surface area contributed by atoms with Crippen LogP contribution >= 0.6 is 11.3 Å². The highest BCUT2D eigenvalue weighted by molar-refractivity contribution is 7.09. The number of nitrogens with zero attached hydrogens (tertiary/aromatic N) is 4.